The molecule has 1 nitrogen and oxygen atoms in total. The van der Waals surface area contributed by atoms with Crippen LogP contribution in [0, 0.1) is 0 Å². The third-order valence-electron chi connectivity index (χ3n) is 3.39. The van der Waals surface area contributed by atoms with Crippen molar-refractivity contribution in [3.8, 4) is 11.1 Å². The molecule has 2 aromatic rings. The van der Waals surface area contributed by atoms with Crippen LogP contribution >= 0.6 is 46.4 Å². The van der Waals surface area contributed by atoms with Gasteiger partial charge >= 0.3 is 0 Å². The predicted octanol–water partition coefficient (Wildman–Crippen LogP) is 6.12. The number of halogens is 4. The molecule has 0 fully saturated rings. The van der Waals surface area contributed by atoms with Crippen molar-refractivity contribution in [2.24, 2.45) is 0 Å². The molecule has 0 heterocycles. The lowest BCUT2D eigenvalue weighted by atomic mass is 10.0. The van der Waals surface area contributed by atoms with Gasteiger partial charge in [-0.1, -0.05) is 70.7 Å². The highest BCUT2D eigenvalue weighted by atomic mass is 35.5. The second-order valence-corrected chi connectivity index (χ2v) is 6.50. The summed E-state index contributed by atoms with van der Waals surface area (Å²) in [6, 6.07) is 10.1. The zero-order valence-electron chi connectivity index (χ0n) is 11.7. The Morgan fingerprint density at radius 1 is 0.952 bits per heavy atom. The first-order chi connectivity index (χ1) is 9.93. The first kappa shape index (κ1) is 16.9. The van der Waals surface area contributed by atoms with E-state index in [1.54, 1.807) is 6.07 Å². The van der Waals surface area contributed by atoms with Crippen LogP contribution in [0.4, 0.5) is 0 Å². The van der Waals surface area contributed by atoms with Crippen LogP contribution in [0.25, 0.3) is 11.1 Å². The zero-order chi connectivity index (χ0) is 15.6. The van der Waals surface area contributed by atoms with Crippen LogP contribution in [0.1, 0.15) is 12.5 Å². The largest absolute Gasteiger partial charge is 0.317 e. The van der Waals surface area contributed by atoms with Crippen molar-refractivity contribution in [1.82, 2.24) is 5.32 Å². The van der Waals surface area contributed by atoms with Crippen LogP contribution in [-0.4, -0.2) is 13.1 Å². The summed E-state index contributed by atoms with van der Waals surface area (Å²) in [5.74, 6) is 0. The number of hydrogen-bond donors (Lipinski definition) is 1. The summed E-state index contributed by atoms with van der Waals surface area (Å²) in [5, 5.41) is 4.85. The molecule has 0 bridgehead atoms. The minimum atomic E-state index is 0.397. The van der Waals surface area contributed by atoms with Gasteiger partial charge in [0.2, 0.25) is 0 Å². The SMILES string of the molecule is CNC(C)Cc1ccc(-c2c(Cl)c(Cl)cc(Cl)c2Cl)cc1. The van der Waals surface area contributed by atoms with Gasteiger partial charge in [-0.3, -0.25) is 0 Å². The van der Waals surface area contributed by atoms with E-state index in [-0.39, 0.29) is 0 Å². The summed E-state index contributed by atoms with van der Waals surface area (Å²) in [5.41, 5.74) is 2.81. The molecule has 0 radical (unpaired) electrons. The molecular formula is C16H15Cl4N. The van der Waals surface area contributed by atoms with Crippen molar-refractivity contribution in [3.63, 3.8) is 0 Å². The molecule has 5 heteroatoms. The van der Waals surface area contributed by atoms with Crippen molar-refractivity contribution >= 4 is 46.4 Å². The van der Waals surface area contributed by atoms with Gasteiger partial charge in [0.05, 0.1) is 20.1 Å². The second kappa shape index (κ2) is 7.21. The molecule has 2 rings (SSSR count). The Bertz CT molecular complexity index is 611. The fourth-order valence-corrected chi connectivity index (χ4v) is 3.12. The molecule has 112 valence electrons. The van der Waals surface area contributed by atoms with Gasteiger partial charge in [0.25, 0.3) is 0 Å². The van der Waals surface area contributed by atoms with Crippen LogP contribution in [0.5, 0.6) is 0 Å². The van der Waals surface area contributed by atoms with Crippen molar-refractivity contribution in [1.29, 1.82) is 0 Å². The van der Waals surface area contributed by atoms with E-state index in [4.69, 9.17) is 46.4 Å². The molecule has 0 aliphatic rings. The van der Waals surface area contributed by atoms with E-state index < -0.39 is 0 Å². The molecule has 0 aromatic heterocycles. The normalized spacial score (nSPS) is 12.5. The Morgan fingerprint density at radius 3 is 1.95 bits per heavy atom. The van der Waals surface area contributed by atoms with Crippen LogP contribution in [-0.2, 0) is 6.42 Å². The van der Waals surface area contributed by atoms with E-state index in [0.717, 1.165) is 12.0 Å². The lowest BCUT2D eigenvalue weighted by Gasteiger charge is -2.13. The monoisotopic (exact) mass is 361 g/mol. The maximum Gasteiger partial charge on any atom is 0.0686 e. The van der Waals surface area contributed by atoms with Gasteiger partial charge in [-0.25, -0.2) is 0 Å². The predicted molar refractivity (Wildman–Crippen MR) is 94.1 cm³/mol. The first-order valence-electron chi connectivity index (χ1n) is 6.53. The van der Waals surface area contributed by atoms with Crippen molar-refractivity contribution < 1.29 is 0 Å². The number of rotatable bonds is 4. The third-order valence-corrected chi connectivity index (χ3v) is 4.96. The van der Waals surface area contributed by atoms with Gasteiger partial charge in [0.1, 0.15) is 0 Å². The highest BCUT2D eigenvalue weighted by Gasteiger charge is 2.15. The molecule has 2 aromatic carbocycles. The maximum absolute atomic E-state index is 6.27. The highest BCUT2D eigenvalue weighted by molar-refractivity contribution is 6.50. The van der Waals surface area contributed by atoms with E-state index >= 15 is 0 Å². The smallest absolute Gasteiger partial charge is 0.0686 e. The molecule has 1 unspecified atom stereocenters. The summed E-state index contributed by atoms with van der Waals surface area (Å²) >= 11 is 24.7. The van der Waals surface area contributed by atoms with E-state index in [1.165, 1.54) is 5.56 Å². The number of hydrogen-bond acceptors (Lipinski definition) is 1. The van der Waals surface area contributed by atoms with Gasteiger partial charge in [-0.05, 0) is 37.6 Å². The molecule has 0 aliphatic carbocycles. The van der Waals surface area contributed by atoms with Crippen LogP contribution in [0.2, 0.25) is 20.1 Å². The minimum Gasteiger partial charge on any atom is -0.317 e. The van der Waals surface area contributed by atoms with Crippen LogP contribution in [0.15, 0.2) is 30.3 Å². The Kier molecular flexibility index (Phi) is 5.81. The summed E-state index contributed by atoms with van der Waals surface area (Å²) in [4.78, 5) is 0. The van der Waals surface area contributed by atoms with Crippen molar-refractivity contribution in [2.45, 2.75) is 19.4 Å². The lowest BCUT2D eigenvalue weighted by molar-refractivity contribution is 0.608. The molecule has 0 amide bonds. The maximum atomic E-state index is 6.27. The van der Waals surface area contributed by atoms with E-state index in [1.807, 2.05) is 19.2 Å². The van der Waals surface area contributed by atoms with Crippen LogP contribution < -0.4 is 5.32 Å². The summed E-state index contributed by atoms with van der Waals surface area (Å²) < 4.78 is 0. The summed E-state index contributed by atoms with van der Waals surface area (Å²) in [6.07, 6.45) is 0.953. The van der Waals surface area contributed by atoms with E-state index in [0.29, 0.717) is 31.7 Å². The third kappa shape index (κ3) is 3.85. The number of benzene rings is 2. The molecule has 0 aliphatic heterocycles. The van der Waals surface area contributed by atoms with Crippen molar-refractivity contribution in [2.75, 3.05) is 7.05 Å². The average Bonchev–Trinajstić information content (AvgIpc) is 2.47. The Morgan fingerprint density at radius 2 is 1.48 bits per heavy atom. The van der Waals surface area contributed by atoms with E-state index in [2.05, 4.69) is 24.4 Å². The number of nitrogens with one attached hydrogen (secondary N) is 1. The number of likely N-dealkylation sites (N-methyl/N-ethyl adjacent to an activating group) is 1. The van der Waals surface area contributed by atoms with Gasteiger partial charge in [-0.2, -0.15) is 0 Å². The zero-order valence-corrected chi connectivity index (χ0v) is 14.7. The Balaban J connectivity index is 2.40. The van der Waals surface area contributed by atoms with Gasteiger partial charge in [-0.15, -0.1) is 0 Å². The summed E-state index contributed by atoms with van der Waals surface area (Å²) in [6.45, 7) is 2.14. The average molecular weight is 363 g/mol. The van der Waals surface area contributed by atoms with Gasteiger partial charge in [0.15, 0.2) is 0 Å². The molecular weight excluding hydrogens is 348 g/mol. The quantitative estimate of drug-likeness (QED) is 0.646. The summed E-state index contributed by atoms with van der Waals surface area (Å²) in [7, 11) is 1.95. The Labute approximate surface area is 145 Å². The minimum absolute atomic E-state index is 0.397. The van der Waals surface area contributed by atoms with Gasteiger partial charge < -0.3 is 5.32 Å². The molecule has 0 saturated heterocycles. The molecule has 1 atom stereocenters. The van der Waals surface area contributed by atoms with Crippen LogP contribution in [0.3, 0.4) is 0 Å². The first-order valence-corrected chi connectivity index (χ1v) is 8.04. The fourth-order valence-electron chi connectivity index (χ4n) is 2.09. The molecule has 0 spiro atoms. The topological polar surface area (TPSA) is 12.0 Å². The molecule has 0 saturated carbocycles. The standard InChI is InChI=1S/C16H15Cl4N/c1-9(21-2)7-10-3-5-11(6-4-10)14-15(19)12(17)8-13(18)16(14)20/h3-6,8-9,21H,7H2,1-2H3. The van der Waals surface area contributed by atoms with Gasteiger partial charge in [0, 0.05) is 11.6 Å². The lowest BCUT2D eigenvalue weighted by Crippen LogP contribution is -2.23. The van der Waals surface area contributed by atoms with E-state index in [9.17, 15) is 0 Å². The second-order valence-electron chi connectivity index (χ2n) is 4.93. The molecule has 21 heavy (non-hydrogen) atoms. The Hall–Kier alpha value is -0.440. The fraction of sp³-hybridized carbons (Fsp3) is 0.250. The highest BCUT2D eigenvalue weighted by Crippen LogP contribution is 2.43. The van der Waals surface area contributed by atoms with Crippen molar-refractivity contribution in [3.05, 3.63) is 56.0 Å². The molecule has 1 N–H and O–H groups in total.